The topological polar surface area (TPSA) is 12.0 Å². The molecule has 0 saturated heterocycles. The van der Waals surface area contributed by atoms with E-state index in [2.05, 4.69) is 42.6 Å². The first kappa shape index (κ1) is 13.6. The maximum Gasteiger partial charge on any atom is 0.00684 e. The minimum absolute atomic E-state index is 0.712. The van der Waals surface area contributed by atoms with E-state index < -0.39 is 0 Å². The molecule has 1 unspecified atom stereocenters. The van der Waals surface area contributed by atoms with Gasteiger partial charge in [-0.15, -0.1) is 0 Å². The molecule has 1 nitrogen and oxygen atoms in total. The van der Waals surface area contributed by atoms with Gasteiger partial charge in [-0.05, 0) is 30.7 Å². The Morgan fingerprint density at radius 1 is 1.11 bits per heavy atom. The molecule has 1 heteroatoms. The van der Waals surface area contributed by atoms with Gasteiger partial charge in [-0.1, -0.05) is 62.9 Å². The average molecular weight is 245 g/mol. The predicted octanol–water partition coefficient (Wildman–Crippen LogP) is 4.49. The molecule has 0 spiro atoms. The van der Waals surface area contributed by atoms with Gasteiger partial charge < -0.3 is 5.32 Å². The van der Waals surface area contributed by atoms with Gasteiger partial charge in [0, 0.05) is 12.6 Å². The SMILES string of the molecule is CCCCCCC(CNC1CC1)c1ccccc1. The molecular weight excluding hydrogens is 218 g/mol. The summed E-state index contributed by atoms with van der Waals surface area (Å²) in [4.78, 5) is 0. The van der Waals surface area contributed by atoms with Crippen LogP contribution in [0.25, 0.3) is 0 Å². The van der Waals surface area contributed by atoms with E-state index in [1.165, 1.54) is 57.1 Å². The molecule has 1 N–H and O–H groups in total. The van der Waals surface area contributed by atoms with Crippen molar-refractivity contribution >= 4 is 0 Å². The molecule has 0 amide bonds. The maximum atomic E-state index is 3.70. The summed E-state index contributed by atoms with van der Waals surface area (Å²) in [5, 5.41) is 3.70. The summed E-state index contributed by atoms with van der Waals surface area (Å²) in [6, 6.07) is 11.9. The van der Waals surface area contributed by atoms with E-state index in [-0.39, 0.29) is 0 Å². The molecule has 1 atom stereocenters. The van der Waals surface area contributed by atoms with Crippen LogP contribution in [0.3, 0.4) is 0 Å². The van der Waals surface area contributed by atoms with Gasteiger partial charge in [-0.3, -0.25) is 0 Å². The fraction of sp³-hybridized carbons (Fsp3) is 0.647. The highest BCUT2D eigenvalue weighted by Crippen LogP contribution is 2.25. The van der Waals surface area contributed by atoms with E-state index >= 15 is 0 Å². The molecule has 1 saturated carbocycles. The highest BCUT2D eigenvalue weighted by Gasteiger charge is 2.22. The third-order valence-electron chi connectivity index (χ3n) is 3.91. The van der Waals surface area contributed by atoms with Gasteiger partial charge in [0.15, 0.2) is 0 Å². The van der Waals surface area contributed by atoms with Crippen molar-refractivity contribution in [3.05, 3.63) is 35.9 Å². The van der Waals surface area contributed by atoms with Crippen molar-refractivity contribution in [2.24, 2.45) is 0 Å². The average Bonchev–Trinajstić information content (AvgIpc) is 3.23. The second kappa shape index (κ2) is 7.58. The van der Waals surface area contributed by atoms with E-state index in [0.29, 0.717) is 5.92 Å². The lowest BCUT2D eigenvalue weighted by atomic mass is 9.93. The number of hydrogen-bond donors (Lipinski definition) is 1. The molecular formula is C17H27N. The van der Waals surface area contributed by atoms with Crippen molar-refractivity contribution in [2.45, 2.75) is 63.8 Å². The van der Waals surface area contributed by atoms with Crippen molar-refractivity contribution in [2.75, 3.05) is 6.54 Å². The second-order valence-electron chi connectivity index (χ2n) is 5.64. The van der Waals surface area contributed by atoms with Gasteiger partial charge in [0.2, 0.25) is 0 Å². The lowest BCUT2D eigenvalue weighted by Crippen LogP contribution is -2.23. The Hall–Kier alpha value is -0.820. The summed E-state index contributed by atoms with van der Waals surface area (Å²) >= 11 is 0. The zero-order valence-electron chi connectivity index (χ0n) is 11.7. The van der Waals surface area contributed by atoms with Gasteiger partial charge in [-0.2, -0.15) is 0 Å². The number of benzene rings is 1. The molecule has 0 bridgehead atoms. The summed E-state index contributed by atoms with van der Waals surface area (Å²) in [6.07, 6.45) is 9.59. The van der Waals surface area contributed by atoms with Crippen LogP contribution in [-0.2, 0) is 0 Å². The Balaban J connectivity index is 1.81. The van der Waals surface area contributed by atoms with E-state index in [4.69, 9.17) is 0 Å². The molecule has 0 radical (unpaired) electrons. The normalized spacial score (nSPS) is 16.7. The molecule has 2 rings (SSSR count). The monoisotopic (exact) mass is 245 g/mol. The third kappa shape index (κ3) is 4.81. The Morgan fingerprint density at radius 2 is 1.89 bits per heavy atom. The van der Waals surface area contributed by atoms with Crippen LogP contribution in [0.4, 0.5) is 0 Å². The molecule has 1 aromatic rings. The molecule has 18 heavy (non-hydrogen) atoms. The van der Waals surface area contributed by atoms with Crippen LogP contribution in [0.5, 0.6) is 0 Å². The quantitative estimate of drug-likeness (QED) is 0.632. The second-order valence-corrected chi connectivity index (χ2v) is 5.64. The third-order valence-corrected chi connectivity index (χ3v) is 3.91. The molecule has 0 heterocycles. The first-order valence-electron chi connectivity index (χ1n) is 7.68. The standard InChI is InChI=1S/C17H27N/c1-2-3-4-6-11-16(14-18-17-12-13-17)15-9-7-5-8-10-15/h5,7-10,16-18H,2-4,6,11-14H2,1H3. The summed E-state index contributed by atoms with van der Waals surface area (Å²) < 4.78 is 0. The van der Waals surface area contributed by atoms with Gasteiger partial charge in [0.05, 0.1) is 0 Å². The fourth-order valence-electron chi connectivity index (χ4n) is 2.53. The molecule has 1 aromatic carbocycles. The summed E-state index contributed by atoms with van der Waals surface area (Å²) in [5.74, 6) is 0.712. The molecule has 0 aromatic heterocycles. The lowest BCUT2D eigenvalue weighted by molar-refractivity contribution is 0.512. The summed E-state index contributed by atoms with van der Waals surface area (Å²) in [6.45, 7) is 3.45. The molecule has 1 fully saturated rings. The van der Waals surface area contributed by atoms with Crippen molar-refractivity contribution in [3.63, 3.8) is 0 Å². The van der Waals surface area contributed by atoms with E-state index in [9.17, 15) is 0 Å². The zero-order valence-corrected chi connectivity index (χ0v) is 11.7. The van der Waals surface area contributed by atoms with Crippen LogP contribution in [-0.4, -0.2) is 12.6 Å². The maximum absolute atomic E-state index is 3.70. The van der Waals surface area contributed by atoms with Crippen LogP contribution >= 0.6 is 0 Å². The minimum Gasteiger partial charge on any atom is -0.313 e. The molecule has 1 aliphatic carbocycles. The summed E-state index contributed by atoms with van der Waals surface area (Å²) in [7, 11) is 0. The Labute approximate surface area is 112 Å². The molecule has 0 aliphatic heterocycles. The Morgan fingerprint density at radius 3 is 2.56 bits per heavy atom. The fourth-order valence-corrected chi connectivity index (χ4v) is 2.53. The number of rotatable bonds is 9. The molecule has 1 aliphatic rings. The van der Waals surface area contributed by atoms with Crippen LogP contribution in [0.2, 0.25) is 0 Å². The van der Waals surface area contributed by atoms with Crippen molar-refractivity contribution in [1.29, 1.82) is 0 Å². The van der Waals surface area contributed by atoms with Crippen molar-refractivity contribution < 1.29 is 0 Å². The van der Waals surface area contributed by atoms with Crippen molar-refractivity contribution in [3.8, 4) is 0 Å². The largest absolute Gasteiger partial charge is 0.313 e. The van der Waals surface area contributed by atoms with Gasteiger partial charge >= 0.3 is 0 Å². The molecule has 100 valence electrons. The van der Waals surface area contributed by atoms with E-state index in [1.54, 1.807) is 0 Å². The van der Waals surface area contributed by atoms with Gasteiger partial charge in [0.1, 0.15) is 0 Å². The van der Waals surface area contributed by atoms with Crippen LogP contribution in [0, 0.1) is 0 Å². The summed E-state index contributed by atoms with van der Waals surface area (Å²) in [5.41, 5.74) is 1.52. The van der Waals surface area contributed by atoms with Gasteiger partial charge in [-0.25, -0.2) is 0 Å². The number of hydrogen-bond acceptors (Lipinski definition) is 1. The lowest BCUT2D eigenvalue weighted by Gasteiger charge is -2.18. The minimum atomic E-state index is 0.712. The smallest absolute Gasteiger partial charge is 0.00684 e. The van der Waals surface area contributed by atoms with Crippen molar-refractivity contribution in [1.82, 2.24) is 5.32 Å². The highest BCUT2D eigenvalue weighted by molar-refractivity contribution is 5.19. The predicted molar refractivity (Wildman–Crippen MR) is 79.0 cm³/mol. The van der Waals surface area contributed by atoms with E-state index in [0.717, 1.165) is 6.04 Å². The first-order valence-corrected chi connectivity index (χ1v) is 7.68. The van der Waals surface area contributed by atoms with E-state index in [1.807, 2.05) is 0 Å². The van der Waals surface area contributed by atoms with Crippen LogP contribution < -0.4 is 5.32 Å². The number of unbranched alkanes of at least 4 members (excludes halogenated alkanes) is 3. The van der Waals surface area contributed by atoms with Gasteiger partial charge in [0.25, 0.3) is 0 Å². The van der Waals surface area contributed by atoms with Crippen LogP contribution in [0.15, 0.2) is 30.3 Å². The Bertz CT molecular complexity index is 316. The first-order chi connectivity index (χ1) is 8.90. The highest BCUT2D eigenvalue weighted by atomic mass is 14.9. The van der Waals surface area contributed by atoms with Crippen LogP contribution in [0.1, 0.15) is 63.4 Å². The zero-order chi connectivity index (χ0) is 12.6. The number of nitrogens with one attached hydrogen (secondary N) is 1. The Kier molecular flexibility index (Phi) is 5.73.